The zero-order valence-corrected chi connectivity index (χ0v) is 12.4. The van der Waals surface area contributed by atoms with E-state index in [0.717, 1.165) is 19.3 Å². The van der Waals surface area contributed by atoms with E-state index in [9.17, 15) is 4.79 Å². The Labute approximate surface area is 129 Å². The van der Waals surface area contributed by atoms with Crippen LogP contribution in [-0.4, -0.2) is 5.91 Å². The van der Waals surface area contributed by atoms with Crippen LogP contribution in [0.3, 0.4) is 0 Å². The molecule has 0 radical (unpaired) electrons. The average Bonchev–Trinajstić information content (AvgIpc) is 2.50. The van der Waals surface area contributed by atoms with Gasteiger partial charge >= 0.3 is 0 Å². The molecule has 0 aliphatic heterocycles. The van der Waals surface area contributed by atoms with Crippen LogP contribution in [0.2, 0.25) is 5.02 Å². The largest absolute Gasteiger partial charge is 0.398 e. The van der Waals surface area contributed by atoms with Crippen molar-refractivity contribution in [2.45, 2.75) is 19.3 Å². The van der Waals surface area contributed by atoms with Gasteiger partial charge in [-0.25, -0.2) is 0 Å². The number of hydrogen-bond acceptors (Lipinski definition) is 2. The van der Waals surface area contributed by atoms with Gasteiger partial charge in [0.15, 0.2) is 0 Å². The van der Waals surface area contributed by atoms with Crippen molar-refractivity contribution in [1.29, 1.82) is 0 Å². The molecule has 1 atom stereocenters. The van der Waals surface area contributed by atoms with Gasteiger partial charge < -0.3 is 11.1 Å². The minimum atomic E-state index is 0.0104. The molecule has 1 aliphatic carbocycles. The first-order chi connectivity index (χ1) is 10.1. The number of carbonyl (C=O) groups is 1. The van der Waals surface area contributed by atoms with Crippen LogP contribution in [0.1, 0.15) is 17.5 Å². The molecule has 0 aromatic heterocycles. The van der Waals surface area contributed by atoms with Gasteiger partial charge in [-0.1, -0.05) is 35.9 Å². The third-order valence-electron chi connectivity index (χ3n) is 3.99. The summed E-state index contributed by atoms with van der Waals surface area (Å²) in [5.41, 5.74) is 9.51. The van der Waals surface area contributed by atoms with Crippen molar-refractivity contribution in [3.05, 3.63) is 58.6 Å². The molecule has 2 aromatic rings. The second kappa shape index (κ2) is 5.78. The van der Waals surface area contributed by atoms with Gasteiger partial charge in [0.2, 0.25) is 5.91 Å². The number of nitrogens with one attached hydrogen (secondary N) is 1. The average molecular weight is 301 g/mol. The van der Waals surface area contributed by atoms with Crippen LogP contribution in [-0.2, 0) is 17.6 Å². The molecule has 4 heteroatoms. The number of fused-ring (bicyclic) bond motifs is 1. The number of nitrogens with two attached hydrogens (primary N) is 1. The number of rotatable bonds is 2. The molecule has 0 bridgehead atoms. The quantitative estimate of drug-likeness (QED) is 0.832. The fourth-order valence-corrected chi connectivity index (χ4v) is 2.95. The highest BCUT2D eigenvalue weighted by molar-refractivity contribution is 6.33. The Morgan fingerprint density at radius 1 is 1.19 bits per heavy atom. The number of amides is 1. The summed E-state index contributed by atoms with van der Waals surface area (Å²) in [6.45, 7) is 0. The molecule has 1 unspecified atom stereocenters. The highest BCUT2D eigenvalue weighted by Gasteiger charge is 2.24. The van der Waals surface area contributed by atoms with Gasteiger partial charge in [0.05, 0.1) is 10.7 Å². The zero-order chi connectivity index (χ0) is 14.8. The molecule has 21 heavy (non-hydrogen) atoms. The minimum Gasteiger partial charge on any atom is -0.398 e. The summed E-state index contributed by atoms with van der Waals surface area (Å²) in [4.78, 5) is 12.4. The summed E-state index contributed by atoms with van der Waals surface area (Å²) in [6.07, 6.45) is 2.63. The van der Waals surface area contributed by atoms with Crippen molar-refractivity contribution in [2.75, 3.05) is 11.1 Å². The topological polar surface area (TPSA) is 55.1 Å². The van der Waals surface area contributed by atoms with Crippen molar-refractivity contribution in [2.24, 2.45) is 5.92 Å². The van der Waals surface area contributed by atoms with E-state index in [2.05, 4.69) is 23.5 Å². The number of halogens is 1. The predicted molar refractivity (Wildman–Crippen MR) is 86.5 cm³/mol. The summed E-state index contributed by atoms with van der Waals surface area (Å²) in [7, 11) is 0. The number of anilines is 2. The first kappa shape index (κ1) is 14.0. The van der Waals surface area contributed by atoms with Gasteiger partial charge in [-0.2, -0.15) is 0 Å². The van der Waals surface area contributed by atoms with Crippen molar-refractivity contribution >= 4 is 28.9 Å². The van der Waals surface area contributed by atoms with Crippen molar-refractivity contribution in [1.82, 2.24) is 0 Å². The fourth-order valence-electron chi connectivity index (χ4n) is 2.77. The maximum atomic E-state index is 12.4. The Bertz CT molecular complexity index is 684. The Morgan fingerprint density at radius 3 is 2.71 bits per heavy atom. The van der Waals surface area contributed by atoms with E-state index >= 15 is 0 Å². The van der Waals surface area contributed by atoms with Gasteiger partial charge in [0.25, 0.3) is 0 Å². The molecule has 2 aromatic carbocycles. The van der Waals surface area contributed by atoms with Gasteiger partial charge in [-0.15, -0.1) is 0 Å². The molecule has 108 valence electrons. The van der Waals surface area contributed by atoms with Crippen molar-refractivity contribution < 1.29 is 4.79 Å². The van der Waals surface area contributed by atoms with Crippen LogP contribution in [0.25, 0.3) is 0 Å². The molecular weight excluding hydrogens is 284 g/mol. The van der Waals surface area contributed by atoms with Gasteiger partial charge in [-0.3, -0.25) is 4.79 Å². The molecule has 0 saturated carbocycles. The second-order valence-electron chi connectivity index (χ2n) is 5.43. The Morgan fingerprint density at radius 2 is 1.95 bits per heavy atom. The lowest BCUT2D eigenvalue weighted by Gasteiger charge is -2.23. The van der Waals surface area contributed by atoms with Crippen LogP contribution in [0.4, 0.5) is 11.4 Å². The molecule has 0 fully saturated rings. The van der Waals surface area contributed by atoms with Crippen LogP contribution in [0, 0.1) is 5.92 Å². The number of nitrogen functional groups attached to an aromatic ring is 1. The lowest BCUT2D eigenvalue weighted by Crippen LogP contribution is -2.28. The predicted octanol–water partition coefficient (Wildman–Crippen LogP) is 3.67. The highest BCUT2D eigenvalue weighted by Crippen LogP contribution is 2.27. The van der Waals surface area contributed by atoms with Crippen LogP contribution in [0.15, 0.2) is 42.5 Å². The minimum absolute atomic E-state index is 0.0104. The summed E-state index contributed by atoms with van der Waals surface area (Å²) in [5, 5.41) is 3.39. The second-order valence-corrected chi connectivity index (χ2v) is 5.84. The lowest BCUT2D eigenvalue weighted by atomic mass is 9.83. The number of aryl methyl sites for hydroxylation is 1. The van der Waals surface area contributed by atoms with Crippen LogP contribution < -0.4 is 11.1 Å². The van der Waals surface area contributed by atoms with E-state index < -0.39 is 0 Å². The van der Waals surface area contributed by atoms with E-state index in [1.807, 2.05) is 6.07 Å². The SMILES string of the molecule is Nc1ccc(NC(=O)C2CCc3ccccc3C2)cc1Cl. The summed E-state index contributed by atoms with van der Waals surface area (Å²) in [5.74, 6) is 0.0570. The van der Waals surface area contributed by atoms with Gasteiger partial charge in [0, 0.05) is 11.6 Å². The van der Waals surface area contributed by atoms with E-state index in [1.165, 1.54) is 11.1 Å². The van der Waals surface area contributed by atoms with E-state index in [4.69, 9.17) is 17.3 Å². The maximum absolute atomic E-state index is 12.4. The smallest absolute Gasteiger partial charge is 0.227 e. The van der Waals surface area contributed by atoms with Crippen molar-refractivity contribution in [3.8, 4) is 0 Å². The maximum Gasteiger partial charge on any atom is 0.227 e. The molecule has 1 amide bonds. The highest BCUT2D eigenvalue weighted by atomic mass is 35.5. The first-order valence-electron chi connectivity index (χ1n) is 7.06. The monoisotopic (exact) mass is 300 g/mol. The summed E-state index contributed by atoms with van der Waals surface area (Å²) < 4.78 is 0. The van der Waals surface area contributed by atoms with Crippen LogP contribution in [0.5, 0.6) is 0 Å². The summed E-state index contributed by atoms with van der Waals surface area (Å²) >= 11 is 5.97. The Hall–Kier alpha value is -2.00. The Balaban J connectivity index is 1.70. The van der Waals surface area contributed by atoms with Gasteiger partial charge in [-0.05, 0) is 48.6 Å². The molecule has 0 heterocycles. The van der Waals surface area contributed by atoms with E-state index in [0.29, 0.717) is 16.4 Å². The molecule has 3 rings (SSSR count). The van der Waals surface area contributed by atoms with Crippen molar-refractivity contribution in [3.63, 3.8) is 0 Å². The molecule has 3 nitrogen and oxygen atoms in total. The zero-order valence-electron chi connectivity index (χ0n) is 11.6. The molecule has 3 N–H and O–H groups in total. The molecule has 1 aliphatic rings. The fraction of sp³-hybridized carbons (Fsp3) is 0.235. The number of carbonyl (C=O) groups excluding carboxylic acids is 1. The third kappa shape index (κ3) is 3.03. The van der Waals surface area contributed by atoms with Gasteiger partial charge in [0.1, 0.15) is 0 Å². The van der Waals surface area contributed by atoms with E-state index in [-0.39, 0.29) is 11.8 Å². The normalized spacial score (nSPS) is 17.1. The molecular formula is C17H17ClN2O. The Kier molecular flexibility index (Phi) is 3.84. The standard InChI is InChI=1S/C17H17ClN2O/c18-15-10-14(7-8-16(15)19)20-17(21)13-6-5-11-3-1-2-4-12(11)9-13/h1-4,7-8,10,13H,5-6,9,19H2,(H,20,21). The third-order valence-corrected chi connectivity index (χ3v) is 4.31. The van der Waals surface area contributed by atoms with E-state index in [1.54, 1.807) is 18.2 Å². The molecule has 0 spiro atoms. The number of hydrogen-bond donors (Lipinski definition) is 2. The lowest BCUT2D eigenvalue weighted by molar-refractivity contribution is -0.120. The molecule has 0 saturated heterocycles. The first-order valence-corrected chi connectivity index (χ1v) is 7.44. The summed E-state index contributed by atoms with van der Waals surface area (Å²) in [6, 6.07) is 13.5. The van der Waals surface area contributed by atoms with Crippen LogP contribution >= 0.6 is 11.6 Å². The number of benzene rings is 2.